The molecule has 0 bridgehead atoms. The van der Waals surface area contributed by atoms with Gasteiger partial charge in [-0.25, -0.2) is 0 Å². The molecule has 1 heterocycles. The normalized spacial score (nSPS) is 12.6. The minimum atomic E-state index is 0. The summed E-state index contributed by atoms with van der Waals surface area (Å²) in [7, 11) is 1.69. The molecule has 0 fully saturated rings. The van der Waals surface area contributed by atoms with Crippen LogP contribution >= 0.6 is 12.4 Å². The predicted molar refractivity (Wildman–Crippen MR) is 85.5 cm³/mol. The highest BCUT2D eigenvalue weighted by Gasteiger charge is 2.16. The van der Waals surface area contributed by atoms with Gasteiger partial charge in [0.25, 0.3) is 0 Å². The highest BCUT2D eigenvalue weighted by atomic mass is 35.5. The van der Waals surface area contributed by atoms with Gasteiger partial charge in [0, 0.05) is 25.8 Å². The lowest BCUT2D eigenvalue weighted by Gasteiger charge is -2.22. The lowest BCUT2D eigenvalue weighted by Crippen LogP contribution is -2.35. The van der Waals surface area contributed by atoms with Crippen LogP contribution < -0.4 is 10.6 Å². The number of carbonyl (C=O) groups excluding carboxylic acids is 1. The lowest BCUT2D eigenvalue weighted by molar-refractivity contribution is -0.121. The van der Waals surface area contributed by atoms with E-state index in [4.69, 9.17) is 0 Å². The topological polar surface area (TPSA) is 44.4 Å². The van der Waals surface area contributed by atoms with E-state index in [1.165, 1.54) is 16.8 Å². The Hall–Kier alpha value is -1.26. The second-order valence-corrected chi connectivity index (χ2v) is 5.01. The van der Waals surface area contributed by atoms with E-state index in [-0.39, 0.29) is 18.3 Å². The van der Waals surface area contributed by atoms with E-state index in [9.17, 15) is 4.79 Å². The largest absolute Gasteiger partial charge is 0.384 e. The van der Waals surface area contributed by atoms with Crippen molar-refractivity contribution in [2.24, 2.45) is 0 Å². The fraction of sp³-hybridized carbons (Fsp3) is 0.533. The molecule has 0 radical (unpaired) electrons. The fourth-order valence-corrected chi connectivity index (χ4v) is 2.60. The molecule has 0 saturated heterocycles. The Balaban J connectivity index is 0.00000200. The van der Waals surface area contributed by atoms with Crippen molar-refractivity contribution in [3.8, 4) is 0 Å². The van der Waals surface area contributed by atoms with Crippen LogP contribution in [0.15, 0.2) is 18.2 Å². The Morgan fingerprint density at radius 2 is 2.25 bits per heavy atom. The number of hydrogen-bond acceptors (Lipinski definition) is 3. The number of anilines is 1. The Kier molecular flexibility index (Phi) is 6.82. The first-order valence-electron chi connectivity index (χ1n) is 7.02. The average Bonchev–Trinajstić information content (AvgIpc) is 2.88. The number of hydrogen-bond donors (Lipinski definition) is 2. The zero-order chi connectivity index (χ0) is 13.7. The number of benzene rings is 1. The summed E-state index contributed by atoms with van der Waals surface area (Å²) in [5, 5.41) is 6.15. The number of para-hydroxylation sites is 1. The number of rotatable bonds is 6. The molecule has 1 aliphatic heterocycles. The van der Waals surface area contributed by atoms with E-state index in [1.54, 1.807) is 7.05 Å². The van der Waals surface area contributed by atoms with Crippen molar-refractivity contribution in [2.45, 2.75) is 26.3 Å². The first-order valence-corrected chi connectivity index (χ1v) is 7.02. The first-order chi connectivity index (χ1) is 9.24. The molecule has 1 amide bonds. The second kappa shape index (κ2) is 8.12. The summed E-state index contributed by atoms with van der Waals surface area (Å²) in [6.07, 6.45) is 2.16. The Morgan fingerprint density at radius 1 is 1.45 bits per heavy atom. The molecule has 0 atom stereocenters. The molecule has 1 aromatic carbocycles. The summed E-state index contributed by atoms with van der Waals surface area (Å²) in [6.45, 7) is 5.41. The van der Waals surface area contributed by atoms with Gasteiger partial charge < -0.3 is 10.6 Å². The third-order valence-corrected chi connectivity index (χ3v) is 3.51. The Morgan fingerprint density at radius 3 is 2.95 bits per heavy atom. The number of nitrogens with zero attached hydrogens (tertiary/aromatic N) is 1. The molecular weight excluding hydrogens is 274 g/mol. The third-order valence-electron chi connectivity index (χ3n) is 3.51. The van der Waals surface area contributed by atoms with Gasteiger partial charge in [0.2, 0.25) is 5.91 Å². The van der Waals surface area contributed by atoms with Gasteiger partial charge in [-0.1, -0.05) is 25.1 Å². The van der Waals surface area contributed by atoms with Crippen LogP contribution in [-0.2, 0) is 17.8 Å². The lowest BCUT2D eigenvalue weighted by atomic mass is 10.1. The molecule has 20 heavy (non-hydrogen) atoms. The molecule has 112 valence electrons. The molecule has 0 saturated carbocycles. The molecule has 2 N–H and O–H groups in total. The zero-order valence-corrected chi connectivity index (χ0v) is 13.1. The van der Waals surface area contributed by atoms with Crippen molar-refractivity contribution in [1.29, 1.82) is 0 Å². The van der Waals surface area contributed by atoms with Crippen molar-refractivity contribution >= 4 is 24.0 Å². The summed E-state index contributed by atoms with van der Waals surface area (Å²) in [5.74, 6) is 0.0778. The molecule has 1 aliphatic rings. The summed E-state index contributed by atoms with van der Waals surface area (Å²) in [5.41, 5.74) is 3.97. The maximum atomic E-state index is 11.6. The van der Waals surface area contributed by atoms with Crippen LogP contribution in [-0.4, -0.2) is 37.5 Å². The summed E-state index contributed by atoms with van der Waals surface area (Å²) < 4.78 is 0. The van der Waals surface area contributed by atoms with Crippen molar-refractivity contribution in [2.75, 3.05) is 32.0 Å². The standard InChI is InChI=1S/C15H23N3O.ClH/c1-3-9-18(11-14(19)16-2)10-13-6-4-5-12-7-8-17-15(12)13;/h4-6,17H,3,7-11H2,1-2H3,(H,16,19);1H. The van der Waals surface area contributed by atoms with E-state index >= 15 is 0 Å². The summed E-state index contributed by atoms with van der Waals surface area (Å²) >= 11 is 0. The van der Waals surface area contributed by atoms with Crippen LogP contribution in [0.4, 0.5) is 5.69 Å². The van der Waals surface area contributed by atoms with Gasteiger partial charge in [0.05, 0.1) is 6.54 Å². The molecule has 5 heteroatoms. The van der Waals surface area contributed by atoms with Crippen molar-refractivity contribution in [1.82, 2.24) is 10.2 Å². The van der Waals surface area contributed by atoms with E-state index in [0.29, 0.717) is 6.54 Å². The second-order valence-electron chi connectivity index (χ2n) is 5.01. The highest BCUT2D eigenvalue weighted by molar-refractivity contribution is 5.85. The highest BCUT2D eigenvalue weighted by Crippen LogP contribution is 2.27. The smallest absolute Gasteiger partial charge is 0.233 e. The minimum absolute atomic E-state index is 0. The first kappa shape index (κ1) is 16.8. The van der Waals surface area contributed by atoms with Gasteiger partial charge in [0.1, 0.15) is 0 Å². The van der Waals surface area contributed by atoms with Crippen LogP contribution in [0.25, 0.3) is 0 Å². The van der Waals surface area contributed by atoms with Crippen LogP contribution in [0.5, 0.6) is 0 Å². The van der Waals surface area contributed by atoms with Crippen LogP contribution in [0, 0.1) is 0 Å². The molecule has 0 spiro atoms. The van der Waals surface area contributed by atoms with E-state index < -0.39 is 0 Å². The summed E-state index contributed by atoms with van der Waals surface area (Å²) in [6, 6.07) is 6.45. The van der Waals surface area contributed by atoms with E-state index in [1.807, 2.05) is 0 Å². The maximum absolute atomic E-state index is 11.6. The molecular formula is C15H24ClN3O. The summed E-state index contributed by atoms with van der Waals surface area (Å²) in [4.78, 5) is 13.8. The van der Waals surface area contributed by atoms with Gasteiger partial charge in [-0.2, -0.15) is 0 Å². The van der Waals surface area contributed by atoms with Gasteiger partial charge >= 0.3 is 0 Å². The Labute approximate surface area is 127 Å². The van der Waals surface area contributed by atoms with Gasteiger partial charge in [-0.15, -0.1) is 12.4 Å². The number of carbonyl (C=O) groups is 1. The van der Waals surface area contributed by atoms with Crippen molar-refractivity contribution in [3.63, 3.8) is 0 Å². The maximum Gasteiger partial charge on any atom is 0.233 e. The molecule has 0 aliphatic carbocycles. The van der Waals surface area contributed by atoms with Crippen LogP contribution in [0.3, 0.4) is 0 Å². The van der Waals surface area contributed by atoms with Gasteiger partial charge in [-0.05, 0) is 30.5 Å². The van der Waals surface area contributed by atoms with Gasteiger partial charge in [-0.3, -0.25) is 9.69 Å². The number of fused-ring (bicyclic) bond motifs is 1. The molecule has 1 aromatic rings. The number of nitrogens with one attached hydrogen (secondary N) is 2. The third kappa shape index (κ3) is 4.12. The molecule has 2 rings (SSSR count). The van der Waals surface area contributed by atoms with E-state index in [0.717, 1.165) is 32.5 Å². The van der Waals surface area contributed by atoms with Crippen LogP contribution in [0.1, 0.15) is 24.5 Å². The molecule has 4 nitrogen and oxygen atoms in total. The minimum Gasteiger partial charge on any atom is -0.384 e. The predicted octanol–water partition coefficient (Wildman–Crippen LogP) is 2.03. The monoisotopic (exact) mass is 297 g/mol. The SMILES string of the molecule is CCCN(CC(=O)NC)Cc1cccc2c1NCC2.Cl. The van der Waals surface area contributed by atoms with Crippen LogP contribution in [0.2, 0.25) is 0 Å². The number of amides is 1. The quantitative estimate of drug-likeness (QED) is 0.844. The molecule has 0 aromatic heterocycles. The average molecular weight is 298 g/mol. The van der Waals surface area contributed by atoms with Gasteiger partial charge in [0.15, 0.2) is 0 Å². The number of halogens is 1. The molecule has 0 unspecified atom stereocenters. The van der Waals surface area contributed by atoms with E-state index in [2.05, 4.69) is 40.7 Å². The Bertz CT molecular complexity index is 451. The number of likely N-dealkylation sites (N-methyl/N-ethyl adjacent to an activating group) is 1. The van der Waals surface area contributed by atoms with Crippen molar-refractivity contribution in [3.05, 3.63) is 29.3 Å². The fourth-order valence-electron chi connectivity index (χ4n) is 2.60. The zero-order valence-electron chi connectivity index (χ0n) is 12.2. The van der Waals surface area contributed by atoms with Crippen molar-refractivity contribution < 1.29 is 4.79 Å².